The molecule has 0 atom stereocenters. The van der Waals surface area contributed by atoms with E-state index in [4.69, 9.17) is 5.11 Å². The molecule has 1 aromatic carbocycles. The Morgan fingerprint density at radius 1 is 1.42 bits per heavy atom. The second-order valence-electron chi connectivity index (χ2n) is 3.87. The van der Waals surface area contributed by atoms with Gasteiger partial charge in [0.05, 0.1) is 11.3 Å². The number of carboxylic acids is 1. The molecule has 1 rings (SSSR count). The average Bonchev–Trinajstić information content (AvgIpc) is 2.27. The molecule has 0 unspecified atom stereocenters. The predicted octanol–water partition coefficient (Wildman–Crippen LogP) is 2.73. The monoisotopic (exact) mass is 275 g/mol. The van der Waals surface area contributed by atoms with E-state index < -0.39 is 24.3 Å². The highest BCUT2D eigenvalue weighted by Gasteiger charge is 2.30. The first-order valence-corrected chi connectivity index (χ1v) is 5.32. The molecule has 1 N–H and O–H groups in total. The topological polar surface area (TPSA) is 58.9 Å². The first-order valence-electron chi connectivity index (χ1n) is 5.32. The fraction of sp³-hybridized carbons (Fsp3) is 0.333. The smallest absolute Gasteiger partial charge is 0.416 e. The number of nitrogens with zero attached hydrogens (tertiary/aromatic N) is 1. The second-order valence-corrected chi connectivity index (χ2v) is 3.87. The molecule has 0 fully saturated rings. The van der Waals surface area contributed by atoms with Crippen LogP contribution in [0.25, 0.3) is 0 Å². The van der Waals surface area contributed by atoms with Gasteiger partial charge in [-0.3, -0.25) is 0 Å². The van der Waals surface area contributed by atoms with E-state index in [-0.39, 0.29) is 6.42 Å². The van der Waals surface area contributed by atoms with Crippen LogP contribution in [0.3, 0.4) is 0 Å². The summed E-state index contributed by atoms with van der Waals surface area (Å²) in [6, 6.07) is 4.85. The van der Waals surface area contributed by atoms with Crippen molar-refractivity contribution in [1.29, 1.82) is 0 Å². The fourth-order valence-electron chi connectivity index (χ4n) is 1.38. The number of carbonyl (C=O) groups is 1. The first-order chi connectivity index (χ1) is 8.79. The Labute approximate surface area is 107 Å². The first kappa shape index (κ1) is 15.0. The minimum atomic E-state index is -4.39. The third-order valence-electron chi connectivity index (χ3n) is 2.12. The van der Waals surface area contributed by atoms with E-state index in [1.165, 1.54) is 12.1 Å². The lowest BCUT2D eigenvalue weighted by Gasteiger charge is -2.08. The van der Waals surface area contributed by atoms with E-state index in [1.807, 2.05) is 0 Å². The third-order valence-corrected chi connectivity index (χ3v) is 2.12. The molecule has 0 saturated heterocycles. The maximum Gasteiger partial charge on any atom is 0.416 e. The molecule has 0 saturated carbocycles. The Bertz CT molecular complexity index is 483. The van der Waals surface area contributed by atoms with Crippen LogP contribution in [0, 0.1) is 0 Å². The van der Waals surface area contributed by atoms with Crippen molar-refractivity contribution < 1.29 is 27.9 Å². The summed E-state index contributed by atoms with van der Waals surface area (Å²) in [5.41, 5.74) is 0.0832. The van der Waals surface area contributed by atoms with Crippen LogP contribution in [0.4, 0.5) is 13.2 Å². The zero-order chi connectivity index (χ0) is 14.5. The molecule has 0 spiro atoms. The van der Waals surface area contributed by atoms with E-state index >= 15 is 0 Å². The van der Waals surface area contributed by atoms with Crippen molar-refractivity contribution in [3.05, 3.63) is 35.4 Å². The number of carboxylic acid groups (broad SMARTS) is 1. The van der Waals surface area contributed by atoms with Gasteiger partial charge >= 0.3 is 12.1 Å². The number of aliphatic carboxylic acids is 1. The average molecular weight is 275 g/mol. The highest BCUT2D eigenvalue weighted by Crippen LogP contribution is 2.29. The molecule has 0 radical (unpaired) electrons. The summed E-state index contributed by atoms with van der Waals surface area (Å²) in [7, 11) is 0. The normalized spacial score (nSPS) is 12.3. The van der Waals surface area contributed by atoms with Crippen molar-refractivity contribution in [2.24, 2.45) is 5.16 Å². The highest BCUT2D eigenvalue weighted by atomic mass is 19.4. The molecule has 0 aromatic heterocycles. The van der Waals surface area contributed by atoms with Gasteiger partial charge < -0.3 is 9.94 Å². The van der Waals surface area contributed by atoms with Gasteiger partial charge in [-0.05, 0) is 18.6 Å². The second kappa shape index (κ2) is 6.21. The van der Waals surface area contributed by atoms with Crippen LogP contribution < -0.4 is 0 Å². The number of hydrogen-bond donors (Lipinski definition) is 1. The molecule has 1 aromatic rings. The molecule has 0 amide bonds. The van der Waals surface area contributed by atoms with Crippen molar-refractivity contribution in [2.45, 2.75) is 19.5 Å². The Morgan fingerprint density at radius 2 is 2.11 bits per heavy atom. The molecule has 0 aliphatic rings. The largest absolute Gasteiger partial charge is 0.479 e. The number of alkyl halides is 3. The van der Waals surface area contributed by atoms with Gasteiger partial charge in [-0.2, -0.15) is 13.2 Å². The lowest BCUT2D eigenvalue weighted by molar-refractivity contribution is -0.142. The lowest BCUT2D eigenvalue weighted by atomic mass is 10.1. The van der Waals surface area contributed by atoms with Crippen molar-refractivity contribution in [2.75, 3.05) is 6.61 Å². The molecule has 0 aliphatic carbocycles. The fourth-order valence-corrected chi connectivity index (χ4v) is 1.38. The lowest BCUT2D eigenvalue weighted by Crippen LogP contribution is -2.08. The van der Waals surface area contributed by atoms with Gasteiger partial charge in [-0.25, -0.2) is 4.79 Å². The summed E-state index contributed by atoms with van der Waals surface area (Å²) < 4.78 is 37.4. The van der Waals surface area contributed by atoms with E-state index in [0.29, 0.717) is 11.3 Å². The minimum absolute atomic E-state index is 0.156. The van der Waals surface area contributed by atoms with Crippen molar-refractivity contribution in [3.8, 4) is 0 Å². The van der Waals surface area contributed by atoms with Crippen LogP contribution in [0.2, 0.25) is 0 Å². The number of rotatable bonds is 5. The molecular formula is C12H12F3NO3. The third kappa shape index (κ3) is 5.41. The predicted molar refractivity (Wildman–Crippen MR) is 61.8 cm³/mol. The Balaban J connectivity index is 2.69. The Hall–Kier alpha value is -2.05. The Kier molecular flexibility index (Phi) is 4.91. The van der Waals surface area contributed by atoms with Crippen molar-refractivity contribution in [1.82, 2.24) is 0 Å². The van der Waals surface area contributed by atoms with Crippen LogP contribution in [0.15, 0.2) is 29.4 Å². The zero-order valence-corrected chi connectivity index (χ0v) is 10.1. The standard InChI is InChI=1S/C12H12F3NO3/c1-8(16-19-7-11(17)18)5-9-3-2-4-10(6-9)12(13,14)15/h2-4,6H,5,7H2,1H3,(H,17,18). The maximum atomic E-state index is 12.5. The van der Waals surface area contributed by atoms with Crippen molar-refractivity contribution >= 4 is 11.7 Å². The van der Waals surface area contributed by atoms with Gasteiger partial charge in [0.2, 0.25) is 6.61 Å². The zero-order valence-electron chi connectivity index (χ0n) is 10.1. The molecule has 4 nitrogen and oxygen atoms in total. The molecule has 104 valence electrons. The van der Waals surface area contributed by atoms with Gasteiger partial charge in [-0.15, -0.1) is 0 Å². The van der Waals surface area contributed by atoms with E-state index in [2.05, 4.69) is 9.99 Å². The maximum absolute atomic E-state index is 12.5. The van der Waals surface area contributed by atoms with Crippen molar-refractivity contribution in [3.63, 3.8) is 0 Å². The minimum Gasteiger partial charge on any atom is -0.479 e. The Morgan fingerprint density at radius 3 is 2.68 bits per heavy atom. The van der Waals surface area contributed by atoms with Crippen LogP contribution in [0.1, 0.15) is 18.1 Å². The molecule has 7 heteroatoms. The van der Waals surface area contributed by atoms with Gasteiger partial charge in [0.15, 0.2) is 0 Å². The quantitative estimate of drug-likeness (QED) is 0.664. The highest BCUT2D eigenvalue weighted by molar-refractivity contribution is 5.83. The van der Waals surface area contributed by atoms with Gasteiger partial charge in [-0.1, -0.05) is 23.4 Å². The van der Waals surface area contributed by atoms with Crippen LogP contribution in [-0.2, 0) is 22.2 Å². The van der Waals surface area contributed by atoms with Gasteiger partial charge in [0, 0.05) is 6.42 Å². The summed E-state index contributed by atoms with van der Waals surface area (Å²) in [5, 5.41) is 11.8. The number of hydrogen-bond acceptors (Lipinski definition) is 3. The summed E-state index contributed by atoms with van der Waals surface area (Å²) >= 11 is 0. The number of halogens is 3. The molecule has 0 bridgehead atoms. The van der Waals surface area contributed by atoms with Crippen LogP contribution in [-0.4, -0.2) is 23.4 Å². The summed E-state index contributed by atoms with van der Waals surface area (Å²) in [6.07, 6.45) is -4.23. The van der Waals surface area contributed by atoms with Gasteiger partial charge in [0.25, 0.3) is 0 Å². The summed E-state index contributed by atoms with van der Waals surface area (Å²) in [5.74, 6) is -1.17. The van der Waals surface area contributed by atoms with E-state index in [0.717, 1.165) is 12.1 Å². The molecular weight excluding hydrogens is 263 g/mol. The molecule has 19 heavy (non-hydrogen) atoms. The van der Waals surface area contributed by atoms with Crippen LogP contribution in [0.5, 0.6) is 0 Å². The summed E-state index contributed by atoms with van der Waals surface area (Å²) in [6.45, 7) is 0.960. The number of oxime groups is 1. The summed E-state index contributed by atoms with van der Waals surface area (Å²) in [4.78, 5) is 14.7. The van der Waals surface area contributed by atoms with E-state index in [9.17, 15) is 18.0 Å². The SMILES string of the molecule is CC(Cc1cccc(C(F)(F)F)c1)=NOCC(=O)O. The molecule has 0 heterocycles. The van der Waals surface area contributed by atoms with Crippen LogP contribution >= 0.6 is 0 Å². The number of benzene rings is 1. The molecule has 0 aliphatic heterocycles. The van der Waals surface area contributed by atoms with Gasteiger partial charge in [0.1, 0.15) is 0 Å². The van der Waals surface area contributed by atoms with E-state index in [1.54, 1.807) is 6.92 Å².